The number of furan rings is 1. The molecule has 24 heavy (non-hydrogen) atoms. The van der Waals surface area contributed by atoms with E-state index in [0.717, 1.165) is 24.2 Å². The summed E-state index contributed by atoms with van der Waals surface area (Å²) < 4.78 is 7.03. The molecule has 0 bridgehead atoms. The topological polar surface area (TPSA) is 60.1 Å². The SMILES string of the molecule is CCCc1c(C(=O)NCc2ccco2)cnn1-c1ccc(Cl)cc1. The Hall–Kier alpha value is -2.53. The van der Waals surface area contributed by atoms with Crippen LogP contribution in [-0.2, 0) is 13.0 Å². The fourth-order valence-corrected chi connectivity index (χ4v) is 2.65. The molecule has 3 rings (SSSR count). The van der Waals surface area contributed by atoms with Gasteiger partial charge in [-0.3, -0.25) is 4.79 Å². The van der Waals surface area contributed by atoms with Gasteiger partial charge in [0.25, 0.3) is 5.91 Å². The Morgan fingerprint density at radius 2 is 2.08 bits per heavy atom. The fraction of sp³-hybridized carbons (Fsp3) is 0.222. The van der Waals surface area contributed by atoms with E-state index in [9.17, 15) is 4.79 Å². The molecule has 0 aliphatic rings. The summed E-state index contributed by atoms with van der Waals surface area (Å²) in [5.74, 6) is 0.556. The highest BCUT2D eigenvalue weighted by atomic mass is 35.5. The lowest BCUT2D eigenvalue weighted by molar-refractivity contribution is 0.0947. The van der Waals surface area contributed by atoms with Crippen LogP contribution in [-0.4, -0.2) is 15.7 Å². The molecule has 0 atom stereocenters. The Morgan fingerprint density at radius 3 is 2.75 bits per heavy atom. The standard InChI is InChI=1S/C18H18ClN3O2/c1-2-4-17-16(18(23)20-11-15-5-3-10-24-15)12-21-22(17)14-8-6-13(19)7-9-14/h3,5-10,12H,2,4,11H2,1H3,(H,20,23). The van der Waals surface area contributed by atoms with Gasteiger partial charge in [0.05, 0.1) is 35.9 Å². The second kappa shape index (κ2) is 7.36. The van der Waals surface area contributed by atoms with Gasteiger partial charge in [0.2, 0.25) is 0 Å². The van der Waals surface area contributed by atoms with Crippen LogP contribution in [0.2, 0.25) is 5.02 Å². The van der Waals surface area contributed by atoms with Gasteiger partial charge in [-0.05, 0) is 42.8 Å². The molecule has 0 unspecified atom stereocenters. The van der Waals surface area contributed by atoms with Crippen molar-refractivity contribution in [3.8, 4) is 5.69 Å². The molecule has 3 aromatic rings. The summed E-state index contributed by atoms with van der Waals surface area (Å²) in [6, 6.07) is 11.0. The van der Waals surface area contributed by atoms with Crippen LogP contribution in [0, 0.1) is 0 Å². The first-order chi connectivity index (χ1) is 11.7. The second-order valence-electron chi connectivity index (χ2n) is 5.41. The first-order valence-electron chi connectivity index (χ1n) is 7.82. The molecule has 1 N–H and O–H groups in total. The van der Waals surface area contributed by atoms with Gasteiger partial charge in [-0.1, -0.05) is 24.9 Å². The van der Waals surface area contributed by atoms with Gasteiger partial charge >= 0.3 is 0 Å². The van der Waals surface area contributed by atoms with Gasteiger partial charge in [-0.2, -0.15) is 5.10 Å². The van der Waals surface area contributed by atoms with E-state index in [-0.39, 0.29) is 5.91 Å². The summed E-state index contributed by atoms with van der Waals surface area (Å²) in [5, 5.41) is 7.92. The molecule has 124 valence electrons. The lowest BCUT2D eigenvalue weighted by Crippen LogP contribution is -2.23. The smallest absolute Gasteiger partial charge is 0.255 e. The highest BCUT2D eigenvalue weighted by molar-refractivity contribution is 6.30. The quantitative estimate of drug-likeness (QED) is 0.735. The van der Waals surface area contributed by atoms with E-state index >= 15 is 0 Å². The van der Waals surface area contributed by atoms with E-state index in [2.05, 4.69) is 17.3 Å². The van der Waals surface area contributed by atoms with E-state index in [0.29, 0.717) is 22.9 Å². The number of hydrogen-bond donors (Lipinski definition) is 1. The third kappa shape index (κ3) is 3.51. The average Bonchev–Trinajstić information content (AvgIpc) is 3.24. The molecule has 1 amide bonds. The number of amides is 1. The Bertz CT molecular complexity index is 807. The molecule has 2 aromatic heterocycles. The van der Waals surface area contributed by atoms with E-state index in [1.165, 1.54) is 0 Å². The van der Waals surface area contributed by atoms with Crippen molar-refractivity contribution >= 4 is 17.5 Å². The Labute approximate surface area is 145 Å². The lowest BCUT2D eigenvalue weighted by Gasteiger charge is -2.09. The second-order valence-corrected chi connectivity index (χ2v) is 5.84. The minimum Gasteiger partial charge on any atom is -0.467 e. The summed E-state index contributed by atoms with van der Waals surface area (Å²) >= 11 is 5.94. The van der Waals surface area contributed by atoms with Crippen LogP contribution in [0.15, 0.2) is 53.3 Å². The summed E-state index contributed by atoms with van der Waals surface area (Å²) in [4.78, 5) is 12.5. The molecule has 0 spiro atoms. The summed E-state index contributed by atoms with van der Waals surface area (Å²) in [7, 11) is 0. The molecule has 6 heteroatoms. The monoisotopic (exact) mass is 343 g/mol. The predicted molar refractivity (Wildman–Crippen MR) is 92.4 cm³/mol. The van der Waals surface area contributed by atoms with Gasteiger partial charge < -0.3 is 9.73 Å². The van der Waals surface area contributed by atoms with Crippen LogP contribution in [0.1, 0.15) is 35.2 Å². The van der Waals surface area contributed by atoms with Crippen molar-refractivity contribution in [3.05, 3.63) is 70.9 Å². The number of nitrogens with one attached hydrogen (secondary N) is 1. The van der Waals surface area contributed by atoms with Crippen LogP contribution in [0.5, 0.6) is 0 Å². The normalized spacial score (nSPS) is 10.8. The minimum absolute atomic E-state index is 0.157. The number of aromatic nitrogens is 2. The number of carbonyl (C=O) groups is 1. The molecule has 0 fully saturated rings. The van der Waals surface area contributed by atoms with Crippen molar-refractivity contribution in [2.24, 2.45) is 0 Å². The van der Waals surface area contributed by atoms with E-state index < -0.39 is 0 Å². The van der Waals surface area contributed by atoms with Crippen molar-refractivity contribution in [1.82, 2.24) is 15.1 Å². The molecule has 0 aliphatic heterocycles. The molecule has 5 nitrogen and oxygen atoms in total. The van der Waals surface area contributed by atoms with Crippen molar-refractivity contribution in [2.45, 2.75) is 26.3 Å². The zero-order valence-electron chi connectivity index (χ0n) is 13.3. The highest BCUT2D eigenvalue weighted by Crippen LogP contribution is 2.19. The van der Waals surface area contributed by atoms with E-state index in [4.69, 9.17) is 16.0 Å². The number of nitrogens with zero attached hydrogens (tertiary/aromatic N) is 2. The Kier molecular flexibility index (Phi) is 5.01. The van der Waals surface area contributed by atoms with E-state index in [1.807, 2.05) is 30.3 Å². The van der Waals surface area contributed by atoms with Gasteiger partial charge in [-0.15, -0.1) is 0 Å². The Balaban J connectivity index is 1.84. The maximum atomic E-state index is 12.5. The first kappa shape index (κ1) is 16.3. The van der Waals surface area contributed by atoms with Crippen molar-refractivity contribution in [3.63, 3.8) is 0 Å². The lowest BCUT2D eigenvalue weighted by atomic mass is 10.1. The van der Waals surface area contributed by atoms with Crippen LogP contribution < -0.4 is 5.32 Å². The van der Waals surface area contributed by atoms with Crippen molar-refractivity contribution < 1.29 is 9.21 Å². The number of rotatable bonds is 6. The van der Waals surface area contributed by atoms with Crippen molar-refractivity contribution in [1.29, 1.82) is 0 Å². The van der Waals surface area contributed by atoms with Gasteiger partial charge in [0.15, 0.2) is 0 Å². The molecule has 0 saturated carbocycles. The minimum atomic E-state index is -0.157. The zero-order valence-corrected chi connectivity index (χ0v) is 14.1. The highest BCUT2D eigenvalue weighted by Gasteiger charge is 2.18. The third-order valence-corrected chi connectivity index (χ3v) is 3.93. The van der Waals surface area contributed by atoms with Gasteiger partial charge in [-0.25, -0.2) is 4.68 Å². The number of carbonyl (C=O) groups excluding carboxylic acids is 1. The number of halogens is 1. The predicted octanol–water partition coefficient (Wildman–Crippen LogP) is 4.00. The summed E-state index contributed by atoms with van der Waals surface area (Å²) in [6.45, 7) is 2.42. The molecular weight excluding hydrogens is 326 g/mol. The summed E-state index contributed by atoms with van der Waals surface area (Å²) in [6.07, 6.45) is 4.86. The average molecular weight is 344 g/mol. The maximum absolute atomic E-state index is 12.5. The number of hydrogen-bond acceptors (Lipinski definition) is 3. The molecule has 0 aliphatic carbocycles. The van der Waals surface area contributed by atoms with Crippen LogP contribution in [0.25, 0.3) is 5.69 Å². The van der Waals surface area contributed by atoms with Gasteiger partial charge in [0, 0.05) is 5.02 Å². The molecule has 2 heterocycles. The zero-order chi connectivity index (χ0) is 16.9. The fourth-order valence-electron chi connectivity index (χ4n) is 2.52. The molecular formula is C18H18ClN3O2. The number of benzene rings is 1. The maximum Gasteiger partial charge on any atom is 0.255 e. The Morgan fingerprint density at radius 1 is 1.29 bits per heavy atom. The van der Waals surface area contributed by atoms with Crippen LogP contribution in [0.4, 0.5) is 0 Å². The molecule has 0 radical (unpaired) electrons. The van der Waals surface area contributed by atoms with Crippen LogP contribution in [0.3, 0.4) is 0 Å². The van der Waals surface area contributed by atoms with Gasteiger partial charge in [0.1, 0.15) is 5.76 Å². The largest absolute Gasteiger partial charge is 0.467 e. The molecule has 0 saturated heterocycles. The first-order valence-corrected chi connectivity index (χ1v) is 8.20. The van der Waals surface area contributed by atoms with E-state index in [1.54, 1.807) is 23.2 Å². The molecule has 1 aromatic carbocycles. The van der Waals surface area contributed by atoms with Crippen LogP contribution >= 0.6 is 11.6 Å². The van der Waals surface area contributed by atoms with Crippen molar-refractivity contribution in [2.75, 3.05) is 0 Å². The summed E-state index contributed by atoms with van der Waals surface area (Å²) in [5.41, 5.74) is 2.35. The third-order valence-electron chi connectivity index (χ3n) is 3.67.